The fourth-order valence-electron chi connectivity index (χ4n) is 1.20. The first-order chi connectivity index (χ1) is 7.50. The molecule has 0 aliphatic carbocycles. The zero-order valence-electron chi connectivity index (χ0n) is 9.37. The molecule has 2 nitrogen and oxygen atoms in total. The summed E-state index contributed by atoms with van der Waals surface area (Å²) < 4.78 is 0. The summed E-state index contributed by atoms with van der Waals surface area (Å²) in [6, 6.07) is 4.90. The van der Waals surface area contributed by atoms with Gasteiger partial charge in [0.2, 0.25) is 0 Å². The third kappa shape index (κ3) is 4.06. The van der Waals surface area contributed by atoms with Gasteiger partial charge in [0.25, 0.3) is 0 Å². The average molecular weight is 259 g/mol. The van der Waals surface area contributed by atoms with Crippen molar-refractivity contribution in [1.29, 1.82) is 0 Å². The average Bonchev–Trinajstić information content (AvgIpc) is 2.19. The van der Waals surface area contributed by atoms with E-state index >= 15 is 0 Å². The predicted octanol–water partition coefficient (Wildman–Crippen LogP) is 3.93. The number of carboxylic acid groups (broad SMARTS) is 1. The van der Waals surface area contributed by atoms with Crippen LogP contribution in [0.25, 0.3) is 0 Å². The summed E-state index contributed by atoms with van der Waals surface area (Å²) in [6.45, 7) is 4.34. The van der Waals surface area contributed by atoms with Crippen molar-refractivity contribution in [2.45, 2.75) is 19.6 Å². The quantitative estimate of drug-likeness (QED) is 0.870. The minimum Gasteiger partial charge on any atom is -0.478 e. The Bertz CT molecular complexity index is 377. The molecule has 1 aromatic rings. The molecule has 88 valence electrons. The van der Waals surface area contributed by atoms with Crippen molar-refractivity contribution >= 4 is 29.3 Å². The molecular formula is C12H15ClO2S. The van der Waals surface area contributed by atoms with Gasteiger partial charge in [-0.1, -0.05) is 31.5 Å². The molecule has 0 radical (unpaired) electrons. The second-order valence-electron chi connectivity index (χ2n) is 4.02. The van der Waals surface area contributed by atoms with E-state index in [9.17, 15) is 4.79 Å². The van der Waals surface area contributed by atoms with E-state index in [1.165, 1.54) is 6.07 Å². The van der Waals surface area contributed by atoms with Gasteiger partial charge in [-0.3, -0.25) is 0 Å². The Morgan fingerprint density at radius 1 is 1.50 bits per heavy atom. The Kier molecular flexibility index (Phi) is 5.16. The van der Waals surface area contributed by atoms with Crippen LogP contribution in [0.3, 0.4) is 0 Å². The van der Waals surface area contributed by atoms with Crippen LogP contribution in [0, 0.1) is 5.92 Å². The summed E-state index contributed by atoms with van der Waals surface area (Å²) in [6.07, 6.45) is 0. The number of rotatable bonds is 5. The molecule has 0 aliphatic heterocycles. The third-order valence-electron chi connectivity index (χ3n) is 2.01. The Labute approximate surface area is 105 Å². The van der Waals surface area contributed by atoms with Crippen LogP contribution in [0.15, 0.2) is 18.2 Å². The van der Waals surface area contributed by atoms with Crippen LogP contribution in [0.4, 0.5) is 0 Å². The lowest BCUT2D eigenvalue weighted by Gasteiger charge is -2.07. The molecule has 1 aromatic carbocycles. The van der Waals surface area contributed by atoms with E-state index in [1.807, 2.05) is 11.8 Å². The summed E-state index contributed by atoms with van der Waals surface area (Å²) in [5.74, 6) is 1.62. The normalized spacial score (nSPS) is 10.8. The van der Waals surface area contributed by atoms with E-state index in [1.54, 1.807) is 12.1 Å². The van der Waals surface area contributed by atoms with Crippen molar-refractivity contribution in [2.75, 3.05) is 5.75 Å². The van der Waals surface area contributed by atoms with Gasteiger partial charge in [0.1, 0.15) is 0 Å². The maximum atomic E-state index is 10.7. The summed E-state index contributed by atoms with van der Waals surface area (Å²) in [5.41, 5.74) is 1.24. The molecule has 0 aromatic heterocycles. The van der Waals surface area contributed by atoms with Gasteiger partial charge in [0.05, 0.1) is 5.56 Å². The summed E-state index contributed by atoms with van der Waals surface area (Å²) >= 11 is 7.82. The van der Waals surface area contributed by atoms with Crippen molar-refractivity contribution in [1.82, 2.24) is 0 Å². The third-order valence-corrected chi connectivity index (χ3v) is 3.78. The number of aromatic carboxylic acids is 1. The van der Waals surface area contributed by atoms with E-state index in [0.717, 1.165) is 17.1 Å². The number of carboxylic acids is 1. The molecule has 0 atom stereocenters. The Hall–Kier alpha value is -0.670. The van der Waals surface area contributed by atoms with Crippen LogP contribution >= 0.6 is 23.4 Å². The van der Waals surface area contributed by atoms with Crippen LogP contribution in [0.2, 0.25) is 5.02 Å². The first-order valence-corrected chi connectivity index (χ1v) is 6.63. The molecule has 1 rings (SSSR count). The molecule has 0 amide bonds. The van der Waals surface area contributed by atoms with Crippen molar-refractivity contribution < 1.29 is 9.90 Å². The van der Waals surface area contributed by atoms with Gasteiger partial charge in [0.15, 0.2) is 0 Å². The summed E-state index contributed by atoms with van der Waals surface area (Å²) in [5, 5.41) is 9.32. The van der Waals surface area contributed by atoms with E-state index in [0.29, 0.717) is 10.9 Å². The topological polar surface area (TPSA) is 37.3 Å². The van der Waals surface area contributed by atoms with Gasteiger partial charge in [0, 0.05) is 10.8 Å². The maximum Gasteiger partial charge on any atom is 0.335 e. The van der Waals surface area contributed by atoms with Gasteiger partial charge in [-0.15, -0.1) is 0 Å². The smallest absolute Gasteiger partial charge is 0.335 e. The zero-order chi connectivity index (χ0) is 12.1. The number of halogens is 1. The van der Waals surface area contributed by atoms with Gasteiger partial charge in [-0.25, -0.2) is 4.79 Å². The first-order valence-electron chi connectivity index (χ1n) is 5.10. The highest BCUT2D eigenvalue weighted by molar-refractivity contribution is 7.98. The lowest BCUT2D eigenvalue weighted by atomic mass is 10.1. The molecule has 1 N–H and O–H groups in total. The summed E-state index contributed by atoms with van der Waals surface area (Å²) in [4.78, 5) is 10.7. The van der Waals surface area contributed by atoms with Crippen LogP contribution in [0.1, 0.15) is 29.8 Å². The van der Waals surface area contributed by atoms with Crippen molar-refractivity contribution in [3.8, 4) is 0 Å². The summed E-state index contributed by atoms with van der Waals surface area (Å²) in [7, 11) is 0. The van der Waals surface area contributed by atoms with Gasteiger partial charge < -0.3 is 5.11 Å². The SMILES string of the molecule is CC(C)CSCc1ccc(C(=O)O)cc1Cl. The van der Waals surface area contributed by atoms with Gasteiger partial charge in [-0.2, -0.15) is 11.8 Å². The molecule has 0 saturated heterocycles. The molecular weight excluding hydrogens is 244 g/mol. The van der Waals surface area contributed by atoms with Crippen molar-refractivity contribution in [2.24, 2.45) is 5.92 Å². The largest absolute Gasteiger partial charge is 0.478 e. The zero-order valence-corrected chi connectivity index (χ0v) is 10.9. The number of thioether (sulfide) groups is 1. The molecule has 16 heavy (non-hydrogen) atoms. The Morgan fingerprint density at radius 3 is 2.69 bits per heavy atom. The standard InChI is InChI=1S/C12H15ClO2S/c1-8(2)6-16-7-10-4-3-9(12(14)15)5-11(10)13/h3-5,8H,6-7H2,1-2H3,(H,14,15). The minimum atomic E-state index is -0.941. The highest BCUT2D eigenvalue weighted by Gasteiger charge is 2.07. The van der Waals surface area contributed by atoms with Crippen LogP contribution in [0.5, 0.6) is 0 Å². The lowest BCUT2D eigenvalue weighted by Crippen LogP contribution is -1.97. The van der Waals surface area contributed by atoms with Gasteiger partial charge >= 0.3 is 5.97 Å². The highest BCUT2D eigenvalue weighted by atomic mass is 35.5. The number of hydrogen-bond donors (Lipinski definition) is 1. The number of carbonyl (C=O) groups is 1. The molecule has 0 fully saturated rings. The Morgan fingerprint density at radius 2 is 2.19 bits per heavy atom. The molecule has 0 saturated carbocycles. The van der Waals surface area contributed by atoms with Crippen molar-refractivity contribution in [3.05, 3.63) is 34.3 Å². The second kappa shape index (κ2) is 6.16. The fraction of sp³-hybridized carbons (Fsp3) is 0.417. The first kappa shape index (κ1) is 13.4. The molecule has 0 aliphatic rings. The lowest BCUT2D eigenvalue weighted by molar-refractivity contribution is 0.0697. The van der Waals surface area contributed by atoms with Gasteiger partial charge in [-0.05, 0) is 29.4 Å². The molecule has 0 bridgehead atoms. The van der Waals surface area contributed by atoms with E-state index in [4.69, 9.17) is 16.7 Å². The van der Waals surface area contributed by atoms with Crippen LogP contribution in [-0.2, 0) is 5.75 Å². The van der Waals surface area contributed by atoms with E-state index in [-0.39, 0.29) is 5.56 Å². The molecule has 4 heteroatoms. The number of benzene rings is 1. The fourth-order valence-corrected chi connectivity index (χ4v) is 2.59. The van der Waals surface area contributed by atoms with Crippen LogP contribution < -0.4 is 0 Å². The monoisotopic (exact) mass is 258 g/mol. The predicted molar refractivity (Wildman–Crippen MR) is 69.4 cm³/mol. The number of hydrogen-bond acceptors (Lipinski definition) is 2. The Balaban J connectivity index is 2.64. The molecule has 0 unspecified atom stereocenters. The molecule has 0 heterocycles. The van der Waals surface area contributed by atoms with Crippen molar-refractivity contribution in [3.63, 3.8) is 0 Å². The minimum absolute atomic E-state index is 0.239. The second-order valence-corrected chi connectivity index (χ2v) is 5.46. The van der Waals surface area contributed by atoms with Crippen LogP contribution in [-0.4, -0.2) is 16.8 Å². The van der Waals surface area contributed by atoms with E-state index < -0.39 is 5.97 Å². The maximum absolute atomic E-state index is 10.7. The van der Waals surface area contributed by atoms with E-state index in [2.05, 4.69) is 13.8 Å². The highest BCUT2D eigenvalue weighted by Crippen LogP contribution is 2.23. The molecule has 0 spiro atoms.